The number of nitrogens with zero attached hydrogens (tertiary/aromatic N) is 2. The molecule has 0 atom stereocenters. The van der Waals surface area contributed by atoms with Gasteiger partial charge in [0.2, 0.25) is 0 Å². The summed E-state index contributed by atoms with van der Waals surface area (Å²) < 4.78 is 13.2. The Morgan fingerprint density at radius 2 is 2.06 bits per heavy atom. The fourth-order valence-corrected chi connectivity index (χ4v) is 1.04. The summed E-state index contributed by atoms with van der Waals surface area (Å²) in [5.41, 5.74) is -0.854. The van der Waals surface area contributed by atoms with Crippen molar-refractivity contribution < 1.29 is 9.50 Å². The Kier molecular flexibility index (Phi) is 3.73. The topological polar surface area (TPSA) is 71.0 Å². The molecular formula is C11H14FN3O. The molecule has 0 aliphatic carbocycles. The number of aliphatic hydroxyl groups is 1. The zero-order chi connectivity index (χ0) is 12.2. The van der Waals surface area contributed by atoms with Gasteiger partial charge >= 0.3 is 0 Å². The van der Waals surface area contributed by atoms with Crippen LogP contribution in [0.15, 0.2) is 34.4 Å². The van der Waals surface area contributed by atoms with Crippen molar-refractivity contribution in [1.82, 2.24) is 0 Å². The van der Waals surface area contributed by atoms with Gasteiger partial charge in [-0.15, -0.1) is 0 Å². The maximum Gasteiger partial charge on any atom is 0.148 e. The second-order valence-corrected chi connectivity index (χ2v) is 3.78. The van der Waals surface area contributed by atoms with Crippen LogP contribution in [0.2, 0.25) is 0 Å². The molecule has 0 spiro atoms. The third kappa shape index (κ3) is 3.13. The van der Waals surface area contributed by atoms with E-state index in [-0.39, 0.29) is 11.4 Å². The van der Waals surface area contributed by atoms with Gasteiger partial charge in [-0.05, 0) is 26.0 Å². The molecule has 0 heterocycles. The maximum atomic E-state index is 13.2. The van der Waals surface area contributed by atoms with Gasteiger partial charge in [-0.2, -0.15) is 5.10 Å². The second-order valence-electron chi connectivity index (χ2n) is 3.78. The van der Waals surface area contributed by atoms with Crippen LogP contribution in [-0.4, -0.2) is 22.6 Å². The number of hydrogen-bond acceptors (Lipinski definition) is 4. The van der Waals surface area contributed by atoms with Crippen molar-refractivity contribution in [2.45, 2.75) is 19.4 Å². The molecule has 0 radical (unpaired) electrons. The summed E-state index contributed by atoms with van der Waals surface area (Å²) in [5, 5.41) is 13.0. The number of halogens is 1. The van der Waals surface area contributed by atoms with Crippen LogP contribution in [0.4, 0.5) is 10.1 Å². The lowest BCUT2D eigenvalue weighted by molar-refractivity contribution is 0.156. The lowest BCUT2D eigenvalue weighted by atomic mass is 10.0. The van der Waals surface area contributed by atoms with Gasteiger partial charge in [-0.1, -0.05) is 12.1 Å². The van der Waals surface area contributed by atoms with Gasteiger partial charge in [0.05, 0.1) is 11.9 Å². The minimum absolute atomic E-state index is 0.174. The molecule has 0 amide bonds. The number of para-hydroxylation sites is 1. The average Bonchev–Trinajstić information content (AvgIpc) is 2.19. The highest BCUT2D eigenvalue weighted by atomic mass is 19.1. The Bertz CT molecular complexity index is 421. The molecule has 5 heteroatoms. The minimum atomic E-state index is -1.20. The molecule has 4 nitrogen and oxygen atoms in total. The van der Waals surface area contributed by atoms with Gasteiger partial charge in [0, 0.05) is 0 Å². The average molecular weight is 223 g/mol. The first-order chi connectivity index (χ1) is 7.45. The molecule has 16 heavy (non-hydrogen) atoms. The van der Waals surface area contributed by atoms with Gasteiger partial charge in [0.1, 0.15) is 17.1 Å². The quantitative estimate of drug-likeness (QED) is 0.464. The van der Waals surface area contributed by atoms with Gasteiger partial charge < -0.3 is 10.9 Å². The summed E-state index contributed by atoms with van der Waals surface area (Å²) in [6.45, 7) is 3.04. The van der Waals surface area contributed by atoms with E-state index in [1.165, 1.54) is 32.2 Å². The standard InChI is InChI=1S/C11H14FN3O/c1-11(2,16)10(15-13)7-14-9-6-4-3-5-8(9)12/h3-7,16H,13H2,1-2H3. The van der Waals surface area contributed by atoms with Crippen LogP contribution >= 0.6 is 0 Å². The van der Waals surface area contributed by atoms with E-state index in [0.29, 0.717) is 0 Å². The molecule has 0 bridgehead atoms. The molecule has 1 aromatic rings. The molecule has 3 N–H and O–H groups in total. The third-order valence-electron chi connectivity index (χ3n) is 1.94. The molecule has 1 aromatic carbocycles. The van der Waals surface area contributed by atoms with Crippen LogP contribution in [-0.2, 0) is 0 Å². The van der Waals surface area contributed by atoms with Crippen molar-refractivity contribution >= 4 is 17.6 Å². The summed E-state index contributed by atoms with van der Waals surface area (Å²) in [6.07, 6.45) is 1.25. The molecule has 86 valence electrons. The van der Waals surface area contributed by atoms with E-state index < -0.39 is 11.4 Å². The fraction of sp³-hybridized carbons (Fsp3) is 0.273. The van der Waals surface area contributed by atoms with E-state index in [9.17, 15) is 9.50 Å². The number of nitrogens with two attached hydrogens (primary N) is 1. The van der Waals surface area contributed by atoms with Crippen molar-refractivity contribution in [1.29, 1.82) is 0 Å². The van der Waals surface area contributed by atoms with Gasteiger partial charge in [-0.25, -0.2) is 4.39 Å². The molecular weight excluding hydrogens is 209 g/mol. The summed E-state index contributed by atoms with van der Waals surface area (Å²) in [5.74, 6) is 4.67. The minimum Gasteiger partial charge on any atom is -0.384 e. The summed E-state index contributed by atoms with van der Waals surface area (Å²) in [7, 11) is 0. The molecule has 0 aliphatic rings. The van der Waals surface area contributed by atoms with Crippen LogP contribution in [0.1, 0.15) is 13.8 Å². The number of rotatable bonds is 3. The van der Waals surface area contributed by atoms with E-state index in [1.807, 2.05) is 0 Å². The number of hydrazone groups is 1. The van der Waals surface area contributed by atoms with E-state index >= 15 is 0 Å². The first kappa shape index (κ1) is 12.3. The monoisotopic (exact) mass is 223 g/mol. The van der Waals surface area contributed by atoms with Crippen molar-refractivity contribution in [2.75, 3.05) is 0 Å². The molecule has 0 saturated carbocycles. The zero-order valence-electron chi connectivity index (χ0n) is 9.18. The Labute approximate surface area is 93.3 Å². The predicted molar refractivity (Wildman–Crippen MR) is 62.5 cm³/mol. The SMILES string of the molecule is CC(C)(O)C(C=Nc1ccccc1F)=NN. The highest BCUT2D eigenvalue weighted by molar-refractivity contribution is 6.34. The maximum absolute atomic E-state index is 13.2. The van der Waals surface area contributed by atoms with Gasteiger partial charge in [-0.3, -0.25) is 4.99 Å². The summed E-state index contributed by atoms with van der Waals surface area (Å²) in [6, 6.07) is 6.06. The van der Waals surface area contributed by atoms with Crippen LogP contribution in [0.3, 0.4) is 0 Å². The molecule has 0 aliphatic heterocycles. The Morgan fingerprint density at radius 1 is 1.44 bits per heavy atom. The summed E-state index contributed by atoms with van der Waals surface area (Å²) >= 11 is 0. The highest BCUT2D eigenvalue weighted by Gasteiger charge is 2.19. The molecule has 0 aromatic heterocycles. The van der Waals surface area contributed by atoms with Crippen molar-refractivity contribution in [3.05, 3.63) is 30.1 Å². The second kappa shape index (κ2) is 4.85. The highest BCUT2D eigenvalue weighted by Crippen LogP contribution is 2.16. The normalized spacial score (nSPS) is 13.4. The first-order valence-electron chi connectivity index (χ1n) is 4.74. The van der Waals surface area contributed by atoms with Crippen LogP contribution in [0.5, 0.6) is 0 Å². The predicted octanol–water partition coefficient (Wildman–Crippen LogP) is 1.61. The molecule has 1 rings (SSSR count). The van der Waals surface area contributed by atoms with Crippen LogP contribution in [0, 0.1) is 5.82 Å². The lowest BCUT2D eigenvalue weighted by Gasteiger charge is -2.15. The van der Waals surface area contributed by atoms with E-state index in [4.69, 9.17) is 5.84 Å². The number of benzene rings is 1. The van der Waals surface area contributed by atoms with Crippen LogP contribution in [0.25, 0.3) is 0 Å². The Balaban J connectivity index is 2.94. The lowest BCUT2D eigenvalue weighted by Crippen LogP contribution is -2.33. The number of hydrogen-bond donors (Lipinski definition) is 2. The molecule has 0 unspecified atom stereocenters. The van der Waals surface area contributed by atoms with Gasteiger partial charge in [0.25, 0.3) is 0 Å². The Morgan fingerprint density at radius 3 is 2.56 bits per heavy atom. The number of aliphatic imine (C=N–C) groups is 1. The molecule has 0 fully saturated rings. The van der Waals surface area contributed by atoms with Crippen LogP contribution < -0.4 is 5.84 Å². The Hall–Kier alpha value is -1.75. The van der Waals surface area contributed by atoms with Crippen molar-refractivity contribution in [3.8, 4) is 0 Å². The largest absolute Gasteiger partial charge is 0.384 e. The fourth-order valence-electron chi connectivity index (χ4n) is 1.04. The molecule has 0 saturated heterocycles. The zero-order valence-corrected chi connectivity index (χ0v) is 9.18. The third-order valence-corrected chi connectivity index (χ3v) is 1.94. The summed E-state index contributed by atoms with van der Waals surface area (Å²) in [4.78, 5) is 3.87. The van der Waals surface area contributed by atoms with E-state index in [0.717, 1.165) is 0 Å². The van der Waals surface area contributed by atoms with Gasteiger partial charge in [0.15, 0.2) is 0 Å². The smallest absolute Gasteiger partial charge is 0.148 e. The first-order valence-corrected chi connectivity index (χ1v) is 4.74. The van der Waals surface area contributed by atoms with E-state index in [1.54, 1.807) is 12.1 Å². The van der Waals surface area contributed by atoms with Crippen molar-refractivity contribution in [2.24, 2.45) is 15.9 Å². The van der Waals surface area contributed by atoms with E-state index in [2.05, 4.69) is 10.1 Å². The van der Waals surface area contributed by atoms with Crippen molar-refractivity contribution in [3.63, 3.8) is 0 Å².